The number of aromatic nitrogens is 1. The van der Waals surface area contributed by atoms with Crippen LogP contribution in [0.2, 0.25) is 5.02 Å². The van der Waals surface area contributed by atoms with Crippen LogP contribution in [-0.2, 0) is 6.54 Å². The zero-order valence-corrected chi connectivity index (χ0v) is 14.0. The summed E-state index contributed by atoms with van der Waals surface area (Å²) in [5, 5.41) is 4.13. The van der Waals surface area contributed by atoms with Crippen molar-refractivity contribution in [3.63, 3.8) is 0 Å². The molecule has 1 saturated heterocycles. The van der Waals surface area contributed by atoms with E-state index in [-0.39, 0.29) is 0 Å². The summed E-state index contributed by atoms with van der Waals surface area (Å²) in [4.78, 5) is 9.64. The first kappa shape index (κ1) is 16.5. The Morgan fingerprint density at radius 3 is 2.57 bits per heavy atom. The average Bonchev–Trinajstić information content (AvgIpc) is 2.51. The molecule has 0 bridgehead atoms. The minimum atomic E-state index is 0.746. The zero-order valence-electron chi connectivity index (χ0n) is 13.2. The van der Waals surface area contributed by atoms with Crippen molar-refractivity contribution in [2.45, 2.75) is 33.2 Å². The Balaban J connectivity index is 1.95. The van der Waals surface area contributed by atoms with Gasteiger partial charge in [-0.25, -0.2) is 4.98 Å². The number of hydrogen-bond acceptors (Lipinski definition) is 4. The monoisotopic (exact) mass is 310 g/mol. The van der Waals surface area contributed by atoms with Crippen LogP contribution in [0.15, 0.2) is 12.1 Å². The van der Waals surface area contributed by atoms with Gasteiger partial charge in [-0.15, -0.1) is 0 Å². The number of rotatable bonds is 7. The maximum absolute atomic E-state index is 6.25. The van der Waals surface area contributed by atoms with Gasteiger partial charge in [-0.05, 0) is 38.1 Å². The van der Waals surface area contributed by atoms with Crippen molar-refractivity contribution in [1.29, 1.82) is 0 Å². The van der Waals surface area contributed by atoms with E-state index in [1.807, 2.05) is 12.1 Å². The van der Waals surface area contributed by atoms with Crippen molar-refractivity contribution >= 4 is 17.4 Å². The molecule has 4 nitrogen and oxygen atoms in total. The fraction of sp³-hybridized carbons (Fsp3) is 0.688. The van der Waals surface area contributed by atoms with Gasteiger partial charge in [-0.3, -0.25) is 4.90 Å². The molecule has 0 amide bonds. The van der Waals surface area contributed by atoms with Gasteiger partial charge in [0.25, 0.3) is 0 Å². The molecule has 0 aromatic carbocycles. The van der Waals surface area contributed by atoms with Crippen LogP contribution in [0.3, 0.4) is 0 Å². The summed E-state index contributed by atoms with van der Waals surface area (Å²) in [6.45, 7) is 11.7. The third-order valence-electron chi connectivity index (χ3n) is 3.86. The molecule has 0 spiro atoms. The highest BCUT2D eigenvalue weighted by Crippen LogP contribution is 2.20. The van der Waals surface area contributed by atoms with E-state index >= 15 is 0 Å². The molecule has 1 aliphatic rings. The van der Waals surface area contributed by atoms with E-state index in [2.05, 4.69) is 29.0 Å². The van der Waals surface area contributed by atoms with E-state index in [1.165, 1.54) is 13.0 Å². The van der Waals surface area contributed by atoms with Gasteiger partial charge in [-0.2, -0.15) is 0 Å². The van der Waals surface area contributed by atoms with Crippen LogP contribution >= 0.6 is 11.6 Å². The summed E-state index contributed by atoms with van der Waals surface area (Å²) < 4.78 is 0. The number of halogens is 1. The summed E-state index contributed by atoms with van der Waals surface area (Å²) in [7, 11) is 0. The van der Waals surface area contributed by atoms with Crippen molar-refractivity contribution in [1.82, 2.24) is 15.2 Å². The lowest BCUT2D eigenvalue weighted by molar-refractivity contribution is 0.258. The molecule has 5 heteroatoms. The van der Waals surface area contributed by atoms with Gasteiger partial charge in [0.05, 0.1) is 10.7 Å². The van der Waals surface area contributed by atoms with E-state index in [1.54, 1.807) is 0 Å². The molecule has 1 aromatic heterocycles. The summed E-state index contributed by atoms with van der Waals surface area (Å²) >= 11 is 6.25. The Bertz CT molecular complexity index is 430. The molecule has 2 heterocycles. The first-order valence-corrected chi connectivity index (χ1v) is 8.45. The number of anilines is 1. The Hall–Kier alpha value is -0.840. The normalized spacial score (nSPS) is 16.4. The van der Waals surface area contributed by atoms with Gasteiger partial charge >= 0.3 is 0 Å². The second-order valence-electron chi connectivity index (χ2n) is 5.60. The average molecular weight is 311 g/mol. The first-order chi connectivity index (χ1) is 10.2. The topological polar surface area (TPSA) is 31.4 Å². The summed E-state index contributed by atoms with van der Waals surface area (Å²) in [6.07, 6.45) is 2.35. The van der Waals surface area contributed by atoms with Gasteiger partial charge < -0.3 is 10.2 Å². The highest BCUT2D eigenvalue weighted by molar-refractivity contribution is 6.31. The lowest BCUT2D eigenvalue weighted by Gasteiger charge is -2.35. The quantitative estimate of drug-likeness (QED) is 0.785. The van der Waals surface area contributed by atoms with Crippen molar-refractivity contribution in [3.05, 3.63) is 22.8 Å². The number of nitrogens with zero attached hydrogens (tertiary/aromatic N) is 3. The molecule has 118 valence electrons. The summed E-state index contributed by atoms with van der Waals surface area (Å²) in [6, 6.07) is 4.02. The highest BCUT2D eigenvalue weighted by atomic mass is 35.5. The Labute approximate surface area is 133 Å². The Kier molecular flexibility index (Phi) is 6.74. The summed E-state index contributed by atoms with van der Waals surface area (Å²) in [5.74, 6) is 1.06. The molecule has 0 atom stereocenters. The molecule has 21 heavy (non-hydrogen) atoms. The number of hydrogen-bond donors (Lipinski definition) is 1. The number of pyridine rings is 1. The lowest BCUT2D eigenvalue weighted by atomic mass is 10.2. The van der Waals surface area contributed by atoms with Crippen molar-refractivity contribution in [2.24, 2.45) is 0 Å². The van der Waals surface area contributed by atoms with Gasteiger partial charge in [0, 0.05) is 32.7 Å². The summed E-state index contributed by atoms with van der Waals surface area (Å²) in [5.41, 5.74) is 0.957. The third-order valence-corrected chi connectivity index (χ3v) is 4.20. The van der Waals surface area contributed by atoms with Crippen molar-refractivity contribution in [3.8, 4) is 0 Å². The molecule has 2 rings (SSSR count). The van der Waals surface area contributed by atoms with Crippen molar-refractivity contribution < 1.29 is 0 Å². The van der Waals surface area contributed by atoms with E-state index in [0.717, 1.165) is 62.2 Å². The molecule has 1 N–H and O–H groups in total. The fourth-order valence-electron chi connectivity index (χ4n) is 2.67. The van der Waals surface area contributed by atoms with Crippen LogP contribution < -0.4 is 10.2 Å². The van der Waals surface area contributed by atoms with Crippen molar-refractivity contribution in [2.75, 3.05) is 44.2 Å². The number of nitrogens with one attached hydrogen (secondary N) is 1. The second-order valence-corrected chi connectivity index (χ2v) is 6.01. The predicted molar refractivity (Wildman–Crippen MR) is 90.2 cm³/mol. The minimum Gasteiger partial charge on any atom is -0.354 e. The maximum atomic E-state index is 6.25. The molecular weight excluding hydrogens is 284 g/mol. The lowest BCUT2D eigenvalue weighted by Crippen LogP contribution is -2.46. The van der Waals surface area contributed by atoms with Crippen LogP contribution in [-0.4, -0.2) is 49.2 Å². The Morgan fingerprint density at radius 2 is 1.90 bits per heavy atom. The number of piperazine rings is 1. The second kappa shape index (κ2) is 8.57. The molecule has 1 fully saturated rings. The minimum absolute atomic E-state index is 0.746. The van der Waals surface area contributed by atoms with Crippen LogP contribution in [0.25, 0.3) is 0 Å². The SMILES string of the molecule is CCCNCc1nc(N2CCN(CCC)CC2)ccc1Cl. The van der Waals surface area contributed by atoms with Gasteiger partial charge in [0.15, 0.2) is 0 Å². The van der Waals surface area contributed by atoms with Crippen LogP contribution in [0.1, 0.15) is 32.4 Å². The molecule has 0 aliphatic carbocycles. The smallest absolute Gasteiger partial charge is 0.129 e. The standard InChI is InChI=1S/C16H27ClN4/c1-3-7-18-13-15-14(17)5-6-16(19-15)21-11-9-20(8-4-2)10-12-21/h5-6,18H,3-4,7-13H2,1-2H3. The zero-order chi connectivity index (χ0) is 15.1. The van der Waals surface area contributed by atoms with E-state index in [0.29, 0.717) is 0 Å². The molecule has 0 radical (unpaired) electrons. The van der Waals surface area contributed by atoms with E-state index in [4.69, 9.17) is 16.6 Å². The van der Waals surface area contributed by atoms with E-state index in [9.17, 15) is 0 Å². The predicted octanol–water partition coefficient (Wildman–Crippen LogP) is 2.77. The molecular formula is C16H27ClN4. The van der Waals surface area contributed by atoms with Gasteiger partial charge in [0.2, 0.25) is 0 Å². The third kappa shape index (κ3) is 4.83. The largest absolute Gasteiger partial charge is 0.354 e. The highest BCUT2D eigenvalue weighted by Gasteiger charge is 2.18. The molecule has 1 aromatic rings. The van der Waals surface area contributed by atoms with Gasteiger partial charge in [0.1, 0.15) is 5.82 Å². The van der Waals surface area contributed by atoms with E-state index < -0.39 is 0 Å². The molecule has 0 saturated carbocycles. The van der Waals surface area contributed by atoms with Crippen LogP contribution in [0.5, 0.6) is 0 Å². The molecule has 0 unspecified atom stereocenters. The van der Waals surface area contributed by atoms with Gasteiger partial charge in [-0.1, -0.05) is 25.4 Å². The first-order valence-electron chi connectivity index (χ1n) is 8.08. The van der Waals surface area contributed by atoms with Crippen LogP contribution in [0, 0.1) is 0 Å². The Morgan fingerprint density at radius 1 is 1.14 bits per heavy atom. The molecule has 1 aliphatic heterocycles. The van der Waals surface area contributed by atoms with Crippen LogP contribution in [0.4, 0.5) is 5.82 Å². The fourth-order valence-corrected chi connectivity index (χ4v) is 2.85. The maximum Gasteiger partial charge on any atom is 0.129 e.